The van der Waals surface area contributed by atoms with Crippen LogP contribution < -0.4 is 15.0 Å². The predicted octanol–water partition coefficient (Wildman–Crippen LogP) is 4.14. The van der Waals surface area contributed by atoms with Gasteiger partial charge in [0.15, 0.2) is 5.78 Å². The second-order valence-corrected chi connectivity index (χ2v) is 8.00. The van der Waals surface area contributed by atoms with E-state index in [1.54, 1.807) is 24.3 Å². The molecule has 6 nitrogen and oxygen atoms in total. The summed E-state index contributed by atoms with van der Waals surface area (Å²) in [5, 5.41) is 3.02. The van der Waals surface area contributed by atoms with Crippen LogP contribution in [0.2, 0.25) is 0 Å². The molecule has 0 unspecified atom stereocenters. The van der Waals surface area contributed by atoms with E-state index in [4.69, 9.17) is 4.74 Å². The summed E-state index contributed by atoms with van der Waals surface area (Å²) >= 11 is 0. The lowest BCUT2D eigenvalue weighted by Gasteiger charge is -2.35. The molecule has 31 heavy (non-hydrogen) atoms. The largest absolute Gasteiger partial charge is 0.494 e. The van der Waals surface area contributed by atoms with Crippen LogP contribution in [0, 0.1) is 6.92 Å². The van der Waals surface area contributed by atoms with Gasteiger partial charge in [0.25, 0.3) is 0 Å². The third kappa shape index (κ3) is 6.56. The number of benzene rings is 2. The Hall–Kier alpha value is -2.86. The number of likely N-dealkylation sites (N-methyl/N-ethyl adjacent to an activating group) is 1. The highest BCUT2D eigenvalue weighted by atomic mass is 16.5. The molecule has 1 saturated heterocycles. The van der Waals surface area contributed by atoms with E-state index in [-0.39, 0.29) is 11.7 Å². The normalized spacial score (nSPS) is 14.4. The summed E-state index contributed by atoms with van der Waals surface area (Å²) in [4.78, 5) is 28.5. The first kappa shape index (κ1) is 22.8. The van der Waals surface area contributed by atoms with E-state index < -0.39 is 0 Å². The Morgan fingerprint density at radius 3 is 2.35 bits per heavy atom. The van der Waals surface area contributed by atoms with Crippen molar-refractivity contribution < 1.29 is 14.3 Å². The molecule has 0 aliphatic carbocycles. The molecule has 166 valence electrons. The van der Waals surface area contributed by atoms with Crippen LogP contribution in [0.3, 0.4) is 0 Å². The molecule has 0 radical (unpaired) electrons. The summed E-state index contributed by atoms with van der Waals surface area (Å²) in [6.45, 7) is 11.6. The molecular formula is C25H33N3O3. The van der Waals surface area contributed by atoms with Crippen LogP contribution in [-0.2, 0) is 4.79 Å². The maximum Gasteiger partial charge on any atom is 0.224 e. The minimum absolute atomic E-state index is 0.0112. The highest BCUT2D eigenvalue weighted by Crippen LogP contribution is 2.24. The van der Waals surface area contributed by atoms with Gasteiger partial charge in [0.1, 0.15) is 5.75 Å². The number of hydrogen-bond donors (Lipinski definition) is 1. The van der Waals surface area contributed by atoms with Crippen molar-refractivity contribution in [3.05, 3.63) is 53.6 Å². The Bertz CT molecular complexity index is 887. The van der Waals surface area contributed by atoms with Crippen molar-refractivity contribution in [2.75, 3.05) is 49.5 Å². The van der Waals surface area contributed by atoms with Gasteiger partial charge in [-0.15, -0.1) is 0 Å². The zero-order chi connectivity index (χ0) is 22.2. The van der Waals surface area contributed by atoms with Gasteiger partial charge in [-0.25, -0.2) is 0 Å². The van der Waals surface area contributed by atoms with Crippen molar-refractivity contribution in [2.24, 2.45) is 0 Å². The van der Waals surface area contributed by atoms with Gasteiger partial charge in [-0.3, -0.25) is 9.59 Å². The molecule has 1 aliphatic rings. The van der Waals surface area contributed by atoms with E-state index >= 15 is 0 Å². The van der Waals surface area contributed by atoms with Gasteiger partial charge in [0.05, 0.1) is 6.61 Å². The van der Waals surface area contributed by atoms with Gasteiger partial charge in [0.2, 0.25) is 5.91 Å². The Kier molecular flexibility index (Phi) is 8.06. The summed E-state index contributed by atoms with van der Waals surface area (Å²) in [5.41, 5.74) is 3.82. The zero-order valence-corrected chi connectivity index (χ0v) is 18.8. The fraction of sp³-hybridized carbons (Fsp3) is 0.440. The van der Waals surface area contributed by atoms with Crippen molar-refractivity contribution in [3.8, 4) is 5.75 Å². The van der Waals surface area contributed by atoms with Gasteiger partial charge < -0.3 is 19.9 Å². The first-order valence-corrected chi connectivity index (χ1v) is 11.1. The summed E-state index contributed by atoms with van der Waals surface area (Å²) in [5.74, 6) is 0.727. The molecule has 0 atom stereocenters. The second-order valence-electron chi connectivity index (χ2n) is 8.00. The molecule has 0 saturated carbocycles. The van der Waals surface area contributed by atoms with E-state index in [1.807, 2.05) is 13.0 Å². The summed E-state index contributed by atoms with van der Waals surface area (Å²) < 4.78 is 5.66. The smallest absolute Gasteiger partial charge is 0.224 e. The third-order valence-electron chi connectivity index (χ3n) is 5.75. The highest BCUT2D eigenvalue weighted by Gasteiger charge is 2.16. The molecule has 0 aromatic heterocycles. The lowest BCUT2D eigenvalue weighted by atomic mass is 10.1. The lowest BCUT2D eigenvalue weighted by molar-refractivity contribution is -0.116. The maximum absolute atomic E-state index is 12.3. The topological polar surface area (TPSA) is 61.9 Å². The number of piperazine rings is 1. The zero-order valence-electron chi connectivity index (χ0n) is 18.8. The first-order valence-electron chi connectivity index (χ1n) is 11.1. The van der Waals surface area contributed by atoms with Gasteiger partial charge in [0, 0.05) is 49.5 Å². The SMILES string of the molecule is CCN1CCN(c2ccc(NC(=O)CCCOc3ccc(C(C)=O)cc3)c(C)c2)CC1. The van der Waals surface area contributed by atoms with Crippen LogP contribution in [0.5, 0.6) is 5.75 Å². The van der Waals surface area contributed by atoms with Crippen molar-refractivity contribution in [3.63, 3.8) is 0 Å². The highest BCUT2D eigenvalue weighted by molar-refractivity contribution is 5.94. The fourth-order valence-corrected chi connectivity index (χ4v) is 3.73. The number of nitrogens with zero attached hydrogens (tertiary/aromatic N) is 2. The number of ketones is 1. The van der Waals surface area contributed by atoms with Gasteiger partial charge in [-0.1, -0.05) is 6.92 Å². The molecule has 3 rings (SSSR count). The minimum atomic E-state index is -0.0112. The number of anilines is 2. The van der Waals surface area contributed by atoms with E-state index in [0.29, 0.717) is 30.8 Å². The van der Waals surface area contributed by atoms with Gasteiger partial charge >= 0.3 is 0 Å². The van der Waals surface area contributed by atoms with Crippen molar-refractivity contribution in [1.82, 2.24) is 4.90 Å². The monoisotopic (exact) mass is 423 g/mol. The summed E-state index contributed by atoms with van der Waals surface area (Å²) in [6.07, 6.45) is 1.02. The molecule has 1 aliphatic heterocycles. The average molecular weight is 424 g/mol. The van der Waals surface area contributed by atoms with Crippen LogP contribution in [-0.4, -0.2) is 55.9 Å². The fourth-order valence-electron chi connectivity index (χ4n) is 3.73. The number of nitrogens with one attached hydrogen (secondary N) is 1. The number of amides is 1. The number of carbonyl (C=O) groups excluding carboxylic acids is 2. The Morgan fingerprint density at radius 2 is 1.74 bits per heavy atom. The molecule has 6 heteroatoms. The maximum atomic E-state index is 12.3. The average Bonchev–Trinajstić information content (AvgIpc) is 2.78. The molecule has 2 aromatic carbocycles. The first-order chi connectivity index (χ1) is 15.0. The molecule has 1 N–H and O–H groups in total. The number of Topliss-reactive ketones (excluding diaryl/α,β-unsaturated/α-hetero) is 1. The van der Waals surface area contributed by atoms with E-state index in [0.717, 1.165) is 44.0 Å². The van der Waals surface area contributed by atoms with Crippen LogP contribution >= 0.6 is 0 Å². The molecule has 1 fully saturated rings. The Labute approximate surface area is 185 Å². The number of aryl methyl sites for hydroxylation is 1. The lowest BCUT2D eigenvalue weighted by Crippen LogP contribution is -2.46. The number of carbonyl (C=O) groups is 2. The standard InChI is InChI=1S/C25H33N3O3/c1-4-27-13-15-28(16-14-27)22-9-12-24(19(2)18-22)26-25(30)6-5-17-31-23-10-7-21(8-11-23)20(3)29/h7-12,18H,4-6,13-17H2,1-3H3,(H,26,30). The van der Waals surface area contributed by atoms with Gasteiger partial charge in [-0.05, 0) is 74.8 Å². The van der Waals surface area contributed by atoms with Crippen molar-refractivity contribution >= 4 is 23.1 Å². The molecule has 1 amide bonds. The quantitative estimate of drug-likeness (QED) is 0.485. The van der Waals surface area contributed by atoms with Crippen LogP contribution in [0.1, 0.15) is 42.6 Å². The predicted molar refractivity (Wildman–Crippen MR) is 125 cm³/mol. The Balaban J connectivity index is 1.42. The second kappa shape index (κ2) is 11.0. The van der Waals surface area contributed by atoms with Crippen LogP contribution in [0.25, 0.3) is 0 Å². The molecule has 1 heterocycles. The van der Waals surface area contributed by atoms with E-state index in [9.17, 15) is 9.59 Å². The third-order valence-corrected chi connectivity index (χ3v) is 5.75. The number of rotatable bonds is 9. The van der Waals surface area contributed by atoms with Crippen LogP contribution in [0.15, 0.2) is 42.5 Å². The van der Waals surface area contributed by atoms with E-state index in [2.05, 4.69) is 34.2 Å². The number of ether oxygens (including phenoxy) is 1. The van der Waals surface area contributed by atoms with Crippen molar-refractivity contribution in [2.45, 2.75) is 33.6 Å². The summed E-state index contributed by atoms with van der Waals surface area (Å²) in [6, 6.07) is 13.3. The van der Waals surface area contributed by atoms with E-state index in [1.165, 1.54) is 12.6 Å². The molecule has 2 aromatic rings. The van der Waals surface area contributed by atoms with Gasteiger partial charge in [-0.2, -0.15) is 0 Å². The molecular weight excluding hydrogens is 390 g/mol. The van der Waals surface area contributed by atoms with Crippen LogP contribution in [0.4, 0.5) is 11.4 Å². The van der Waals surface area contributed by atoms with Crippen molar-refractivity contribution in [1.29, 1.82) is 0 Å². The molecule has 0 bridgehead atoms. The minimum Gasteiger partial charge on any atom is -0.494 e. The molecule has 0 spiro atoms. The summed E-state index contributed by atoms with van der Waals surface area (Å²) in [7, 11) is 0. The Morgan fingerprint density at radius 1 is 1.03 bits per heavy atom. The number of hydrogen-bond acceptors (Lipinski definition) is 5.